The number of nitrogens with two attached hydrogens (primary N) is 1. The molecule has 2 N–H and O–H groups in total. The van der Waals surface area contributed by atoms with Gasteiger partial charge in [0, 0.05) is 6.20 Å². The van der Waals surface area contributed by atoms with Gasteiger partial charge < -0.3 is 5.73 Å². The summed E-state index contributed by atoms with van der Waals surface area (Å²) in [6.45, 7) is 0. The van der Waals surface area contributed by atoms with E-state index in [9.17, 15) is 13.2 Å². The first-order valence-corrected chi connectivity index (χ1v) is 3.77. The predicted molar refractivity (Wildman–Crippen MR) is 49.3 cm³/mol. The maximum atomic E-state index is 12.0. The fourth-order valence-corrected chi connectivity index (χ4v) is 0.865. The first kappa shape index (κ1) is 13.5. The van der Waals surface area contributed by atoms with Gasteiger partial charge in [-0.05, 0) is 12.1 Å². The number of hydrogen-bond acceptors (Lipinski definition) is 2. The van der Waals surface area contributed by atoms with Crippen molar-refractivity contribution < 1.29 is 13.2 Å². The fourth-order valence-electron chi connectivity index (χ4n) is 0.736. The number of halogens is 5. The van der Waals surface area contributed by atoms with Gasteiger partial charge >= 0.3 is 6.18 Å². The Morgan fingerprint density at radius 2 is 1.93 bits per heavy atom. The minimum absolute atomic E-state index is 0. The van der Waals surface area contributed by atoms with Gasteiger partial charge in [0.25, 0.3) is 0 Å². The van der Waals surface area contributed by atoms with E-state index < -0.39 is 17.2 Å². The molecule has 0 bridgehead atoms. The van der Waals surface area contributed by atoms with Gasteiger partial charge in [-0.1, -0.05) is 11.6 Å². The van der Waals surface area contributed by atoms with Crippen molar-refractivity contribution in [1.82, 2.24) is 4.98 Å². The van der Waals surface area contributed by atoms with Gasteiger partial charge in [-0.3, -0.25) is 4.98 Å². The first-order chi connectivity index (χ1) is 5.91. The topological polar surface area (TPSA) is 38.9 Å². The monoisotopic (exact) mass is 246 g/mol. The van der Waals surface area contributed by atoms with Crippen LogP contribution in [0.25, 0.3) is 0 Å². The highest BCUT2D eigenvalue weighted by Gasteiger charge is 2.30. The predicted octanol–water partition coefficient (Wildman–Crippen LogP) is 2.72. The molecule has 2 nitrogen and oxygen atoms in total. The molecule has 0 saturated carbocycles. The third-order valence-electron chi connectivity index (χ3n) is 1.40. The van der Waals surface area contributed by atoms with Crippen LogP contribution in [0.4, 0.5) is 13.2 Å². The van der Waals surface area contributed by atoms with Gasteiger partial charge in [0.1, 0.15) is 5.50 Å². The zero-order valence-corrected chi connectivity index (χ0v) is 8.33. The zero-order valence-electron chi connectivity index (χ0n) is 6.75. The molecule has 1 aromatic heterocycles. The Balaban J connectivity index is 0.00000169. The molecule has 1 heterocycles. The zero-order chi connectivity index (χ0) is 10.1. The fraction of sp³-hybridized carbons (Fsp3) is 0.286. The first-order valence-electron chi connectivity index (χ1n) is 3.34. The highest BCUT2D eigenvalue weighted by molar-refractivity contribution is 6.20. The SMILES string of the molecule is Cl.NC(Cl)c1ccc(C(F)(F)F)cn1. The lowest BCUT2D eigenvalue weighted by molar-refractivity contribution is -0.137. The summed E-state index contributed by atoms with van der Waals surface area (Å²) in [6.07, 6.45) is -3.67. The molecule has 1 atom stereocenters. The number of hydrogen-bond donors (Lipinski definition) is 1. The van der Waals surface area contributed by atoms with Crippen LogP contribution < -0.4 is 5.73 Å². The largest absolute Gasteiger partial charge is 0.417 e. The molecule has 0 aliphatic heterocycles. The number of rotatable bonds is 1. The molecule has 1 rings (SSSR count). The molecule has 0 saturated heterocycles. The lowest BCUT2D eigenvalue weighted by atomic mass is 10.2. The molecule has 1 unspecified atom stereocenters. The van der Waals surface area contributed by atoms with Crippen molar-refractivity contribution >= 4 is 24.0 Å². The summed E-state index contributed by atoms with van der Waals surface area (Å²) in [6, 6.07) is 2.05. The molecule has 0 amide bonds. The molecule has 7 heteroatoms. The second-order valence-corrected chi connectivity index (χ2v) is 2.84. The molecule has 0 aliphatic rings. The second-order valence-electron chi connectivity index (χ2n) is 2.37. The van der Waals surface area contributed by atoms with Crippen molar-refractivity contribution in [3.8, 4) is 0 Å². The molecular weight excluding hydrogens is 240 g/mol. The van der Waals surface area contributed by atoms with E-state index in [2.05, 4.69) is 4.98 Å². The summed E-state index contributed by atoms with van der Waals surface area (Å²) in [7, 11) is 0. The van der Waals surface area contributed by atoms with E-state index in [1.165, 1.54) is 0 Å². The summed E-state index contributed by atoms with van der Waals surface area (Å²) in [5.74, 6) is 0. The van der Waals surface area contributed by atoms with E-state index in [1.807, 2.05) is 0 Å². The Morgan fingerprint density at radius 1 is 1.36 bits per heavy atom. The van der Waals surface area contributed by atoms with Crippen molar-refractivity contribution in [2.45, 2.75) is 11.7 Å². The maximum Gasteiger partial charge on any atom is 0.417 e. The second kappa shape index (κ2) is 4.82. The van der Waals surface area contributed by atoms with E-state index in [1.54, 1.807) is 0 Å². The third-order valence-corrected chi connectivity index (χ3v) is 1.62. The number of alkyl halides is 4. The van der Waals surface area contributed by atoms with Crippen LogP contribution in [0.1, 0.15) is 16.8 Å². The molecule has 1 aromatic rings. The Hall–Kier alpha value is -0.520. The van der Waals surface area contributed by atoms with Crippen molar-refractivity contribution in [3.05, 3.63) is 29.6 Å². The van der Waals surface area contributed by atoms with Crippen molar-refractivity contribution in [2.24, 2.45) is 5.73 Å². The van der Waals surface area contributed by atoms with Crippen molar-refractivity contribution in [3.63, 3.8) is 0 Å². The highest BCUT2D eigenvalue weighted by Crippen LogP contribution is 2.28. The average Bonchev–Trinajstić information content (AvgIpc) is 2.03. The quantitative estimate of drug-likeness (QED) is 0.612. The summed E-state index contributed by atoms with van der Waals surface area (Å²) in [5, 5.41) is 0. The maximum absolute atomic E-state index is 12.0. The summed E-state index contributed by atoms with van der Waals surface area (Å²) < 4.78 is 36.0. The summed E-state index contributed by atoms with van der Waals surface area (Å²) in [4.78, 5) is 3.47. The normalized spacial score (nSPS) is 13.2. The Kier molecular flexibility index (Phi) is 4.64. The van der Waals surface area contributed by atoms with E-state index in [0.29, 0.717) is 6.20 Å². The van der Waals surface area contributed by atoms with Crippen LogP contribution >= 0.6 is 24.0 Å². The van der Waals surface area contributed by atoms with E-state index >= 15 is 0 Å². The van der Waals surface area contributed by atoms with Gasteiger partial charge in [0.05, 0.1) is 11.3 Å². The van der Waals surface area contributed by atoms with Crippen LogP contribution in [-0.2, 0) is 6.18 Å². The molecular formula is C7H7Cl2F3N2. The number of aromatic nitrogens is 1. The van der Waals surface area contributed by atoms with Gasteiger partial charge in [-0.25, -0.2) is 0 Å². The molecule has 0 aliphatic carbocycles. The van der Waals surface area contributed by atoms with Crippen LogP contribution in [0, 0.1) is 0 Å². The summed E-state index contributed by atoms with van der Waals surface area (Å²) in [5.41, 5.74) is 3.73. The van der Waals surface area contributed by atoms with Crippen molar-refractivity contribution in [2.75, 3.05) is 0 Å². The van der Waals surface area contributed by atoms with Gasteiger partial charge in [0.2, 0.25) is 0 Å². The Bertz CT molecular complexity index is 284. The van der Waals surface area contributed by atoms with Gasteiger partial charge in [-0.2, -0.15) is 13.2 Å². The van der Waals surface area contributed by atoms with Crippen LogP contribution in [0.2, 0.25) is 0 Å². The van der Waals surface area contributed by atoms with Gasteiger partial charge in [0.15, 0.2) is 0 Å². The van der Waals surface area contributed by atoms with E-state index in [4.69, 9.17) is 17.3 Å². The highest BCUT2D eigenvalue weighted by atomic mass is 35.5. The van der Waals surface area contributed by atoms with Crippen LogP contribution in [-0.4, -0.2) is 4.98 Å². The molecule has 14 heavy (non-hydrogen) atoms. The number of nitrogens with zero attached hydrogens (tertiary/aromatic N) is 1. The Labute approximate surface area is 89.7 Å². The molecule has 0 aromatic carbocycles. The van der Waals surface area contributed by atoms with E-state index in [-0.39, 0.29) is 18.1 Å². The summed E-state index contributed by atoms with van der Waals surface area (Å²) >= 11 is 5.40. The van der Waals surface area contributed by atoms with Crippen LogP contribution in [0.5, 0.6) is 0 Å². The average molecular weight is 247 g/mol. The van der Waals surface area contributed by atoms with E-state index in [0.717, 1.165) is 12.1 Å². The van der Waals surface area contributed by atoms with Crippen LogP contribution in [0.15, 0.2) is 18.3 Å². The minimum Gasteiger partial charge on any atom is -0.310 e. The lowest BCUT2D eigenvalue weighted by Crippen LogP contribution is -2.08. The molecule has 0 fully saturated rings. The van der Waals surface area contributed by atoms with Crippen LogP contribution in [0.3, 0.4) is 0 Å². The van der Waals surface area contributed by atoms with Crippen molar-refractivity contribution in [1.29, 1.82) is 0 Å². The molecule has 80 valence electrons. The smallest absolute Gasteiger partial charge is 0.310 e. The number of pyridine rings is 1. The standard InChI is InChI=1S/C7H6ClF3N2.ClH/c8-6(12)5-2-1-4(3-13-5)7(9,10)11;/h1-3,6H,12H2;1H. The molecule has 0 spiro atoms. The third kappa shape index (κ3) is 3.32. The Morgan fingerprint density at radius 3 is 2.21 bits per heavy atom. The minimum atomic E-state index is -4.37. The molecule has 0 radical (unpaired) electrons. The van der Waals surface area contributed by atoms with Gasteiger partial charge in [-0.15, -0.1) is 12.4 Å². The lowest BCUT2D eigenvalue weighted by Gasteiger charge is -2.07.